The van der Waals surface area contributed by atoms with Crippen molar-refractivity contribution in [2.75, 3.05) is 23.3 Å². The minimum Gasteiger partial charge on any atom is -0.340 e. The Kier molecular flexibility index (Phi) is 5.40. The van der Waals surface area contributed by atoms with Crippen LogP contribution in [0.2, 0.25) is 0 Å². The second-order valence-electron chi connectivity index (χ2n) is 2.88. The molecule has 14 heavy (non-hydrogen) atoms. The summed E-state index contributed by atoms with van der Waals surface area (Å²) in [5, 5.41) is 0.937. The van der Waals surface area contributed by atoms with Gasteiger partial charge < -0.3 is 4.90 Å². The van der Waals surface area contributed by atoms with Crippen LogP contribution in [0.5, 0.6) is 0 Å². The first-order chi connectivity index (χ1) is 6.77. The van der Waals surface area contributed by atoms with Gasteiger partial charge >= 0.3 is 0 Å². The lowest BCUT2D eigenvalue weighted by atomic mass is 10.4. The van der Waals surface area contributed by atoms with E-state index in [0.717, 1.165) is 35.3 Å². The predicted molar refractivity (Wildman–Crippen MR) is 66.0 cm³/mol. The molecule has 3 nitrogen and oxygen atoms in total. The second kappa shape index (κ2) is 6.35. The molecule has 1 aromatic rings. The molecule has 0 aliphatic rings. The molecule has 78 valence electrons. The Labute approximate surface area is 101 Å². The highest BCUT2D eigenvalue weighted by Crippen LogP contribution is 2.11. The van der Waals surface area contributed by atoms with Gasteiger partial charge in [-0.05, 0) is 22.4 Å². The van der Waals surface area contributed by atoms with Crippen molar-refractivity contribution in [3.8, 4) is 0 Å². The minimum absolute atomic E-state index is 0.800. The number of hydrogen-bond acceptors (Lipinski definition) is 3. The number of alkyl halides is 1. The van der Waals surface area contributed by atoms with Crippen LogP contribution in [-0.2, 0) is 0 Å². The SMILES string of the molecule is CCCN(CCBr)c1ncc(Br)cn1. The minimum atomic E-state index is 0.800. The van der Waals surface area contributed by atoms with E-state index in [-0.39, 0.29) is 0 Å². The highest BCUT2D eigenvalue weighted by molar-refractivity contribution is 9.10. The summed E-state index contributed by atoms with van der Waals surface area (Å²) < 4.78 is 0.913. The molecule has 0 atom stereocenters. The Hall–Kier alpha value is -0.160. The number of halogens is 2. The molecule has 1 rings (SSSR count). The first-order valence-corrected chi connectivity index (χ1v) is 6.47. The molecule has 1 heterocycles. The largest absolute Gasteiger partial charge is 0.340 e. The number of anilines is 1. The summed E-state index contributed by atoms with van der Waals surface area (Å²) in [6.45, 7) is 4.09. The Morgan fingerprint density at radius 3 is 2.43 bits per heavy atom. The maximum atomic E-state index is 4.26. The van der Waals surface area contributed by atoms with E-state index < -0.39 is 0 Å². The number of nitrogens with zero attached hydrogens (tertiary/aromatic N) is 3. The topological polar surface area (TPSA) is 29.0 Å². The molecule has 0 amide bonds. The summed E-state index contributed by atoms with van der Waals surface area (Å²) in [5.41, 5.74) is 0. The molecule has 0 bridgehead atoms. The highest BCUT2D eigenvalue weighted by Gasteiger charge is 2.06. The van der Waals surface area contributed by atoms with E-state index in [9.17, 15) is 0 Å². The molecule has 0 saturated heterocycles. The van der Waals surface area contributed by atoms with Crippen molar-refractivity contribution in [2.45, 2.75) is 13.3 Å². The fraction of sp³-hybridized carbons (Fsp3) is 0.556. The fourth-order valence-corrected chi connectivity index (χ4v) is 1.79. The van der Waals surface area contributed by atoms with Gasteiger partial charge in [0.25, 0.3) is 0 Å². The van der Waals surface area contributed by atoms with Crippen LogP contribution >= 0.6 is 31.9 Å². The van der Waals surface area contributed by atoms with E-state index >= 15 is 0 Å². The average Bonchev–Trinajstić information content (AvgIpc) is 2.19. The summed E-state index contributed by atoms with van der Waals surface area (Å²) >= 11 is 6.75. The zero-order valence-electron chi connectivity index (χ0n) is 8.08. The summed E-state index contributed by atoms with van der Waals surface area (Å²) in [7, 11) is 0. The molecule has 0 aromatic carbocycles. The second-order valence-corrected chi connectivity index (χ2v) is 4.59. The zero-order valence-corrected chi connectivity index (χ0v) is 11.3. The van der Waals surface area contributed by atoms with Gasteiger partial charge in [0, 0.05) is 30.8 Å². The van der Waals surface area contributed by atoms with E-state index in [4.69, 9.17) is 0 Å². The number of aromatic nitrogens is 2. The van der Waals surface area contributed by atoms with Crippen LogP contribution < -0.4 is 4.90 Å². The molecular formula is C9H13Br2N3. The van der Waals surface area contributed by atoms with E-state index in [1.54, 1.807) is 12.4 Å². The van der Waals surface area contributed by atoms with E-state index in [1.165, 1.54) is 0 Å². The molecule has 5 heteroatoms. The van der Waals surface area contributed by atoms with Gasteiger partial charge in [-0.15, -0.1) is 0 Å². The first-order valence-electron chi connectivity index (χ1n) is 4.56. The van der Waals surface area contributed by atoms with Gasteiger partial charge in [0.1, 0.15) is 0 Å². The van der Waals surface area contributed by atoms with Gasteiger partial charge in [0.2, 0.25) is 5.95 Å². The summed E-state index contributed by atoms with van der Waals surface area (Å²) in [5.74, 6) is 0.800. The van der Waals surface area contributed by atoms with E-state index in [0.29, 0.717) is 0 Å². The lowest BCUT2D eigenvalue weighted by Crippen LogP contribution is -2.27. The van der Waals surface area contributed by atoms with Crippen LogP contribution in [0.1, 0.15) is 13.3 Å². The Balaban J connectivity index is 2.71. The maximum Gasteiger partial charge on any atom is 0.225 e. The van der Waals surface area contributed by atoms with Gasteiger partial charge in [-0.2, -0.15) is 0 Å². The molecule has 1 aromatic heterocycles. The molecule has 0 saturated carbocycles. The number of rotatable bonds is 5. The van der Waals surface area contributed by atoms with Gasteiger partial charge in [0.05, 0.1) is 4.47 Å². The third kappa shape index (κ3) is 3.53. The fourth-order valence-electron chi connectivity index (χ4n) is 1.15. The van der Waals surface area contributed by atoms with Crippen molar-refractivity contribution >= 4 is 37.8 Å². The summed E-state index contributed by atoms with van der Waals surface area (Å²) in [6.07, 6.45) is 4.66. The molecule has 0 N–H and O–H groups in total. The predicted octanol–water partition coefficient (Wildman–Crippen LogP) is 2.85. The molecule has 0 spiro atoms. The standard InChI is InChI=1S/C9H13Br2N3/c1-2-4-14(5-3-10)9-12-6-8(11)7-13-9/h6-7H,2-5H2,1H3. The Morgan fingerprint density at radius 2 is 1.93 bits per heavy atom. The van der Waals surface area contributed by atoms with Crippen molar-refractivity contribution in [1.29, 1.82) is 0 Å². The smallest absolute Gasteiger partial charge is 0.225 e. The van der Waals surface area contributed by atoms with E-state index in [1.807, 2.05) is 0 Å². The summed E-state index contributed by atoms with van der Waals surface area (Å²) in [6, 6.07) is 0. The zero-order chi connectivity index (χ0) is 10.4. The first kappa shape index (κ1) is 11.9. The third-order valence-corrected chi connectivity index (χ3v) is 2.50. The van der Waals surface area contributed by atoms with Crippen LogP contribution in [0.3, 0.4) is 0 Å². The molecular weight excluding hydrogens is 310 g/mol. The van der Waals surface area contributed by atoms with E-state index in [2.05, 4.69) is 53.7 Å². The lowest BCUT2D eigenvalue weighted by molar-refractivity contribution is 0.766. The summed E-state index contributed by atoms with van der Waals surface area (Å²) in [4.78, 5) is 10.7. The van der Waals surface area contributed by atoms with Gasteiger partial charge in [-0.3, -0.25) is 0 Å². The molecule has 0 aliphatic heterocycles. The van der Waals surface area contributed by atoms with Crippen LogP contribution in [0.15, 0.2) is 16.9 Å². The monoisotopic (exact) mass is 321 g/mol. The lowest BCUT2D eigenvalue weighted by Gasteiger charge is -2.20. The van der Waals surface area contributed by atoms with Crippen molar-refractivity contribution in [1.82, 2.24) is 9.97 Å². The van der Waals surface area contributed by atoms with Gasteiger partial charge in [-0.25, -0.2) is 9.97 Å². The average molecular weight is 323 g/mol. The molecule has 0 radical (unpaired) electrons. The maximum absolute atomic E-state index is 4.26. The van der Waals surface area contributed by atoms with Gasteiger partial charge in [-0.1, -0.05) is 22.9 Å². The molecule has 0 aliphatic carbocycles. The van der Waals surface area contributed by atoms with Crippen molar-refractivity contribution in [3.05, 3.63) is 16.9 Å². The third-order valence-electron chi connectivity index (χ3n) is 1.74. The highest BCUT2D eigenvalue weighted by atomic mass is 79.9. The Morgan fingerprint density at radius 1 is 1.29 bits per heavy atom. The van der Waals surface area contributed by atoms with Crippen LogP contribution in [0, 0.1) is 0 Å². The normalized spacial score (nSPS) is 10.2. The molecule has 0 fully saturated rings. The Bertz CT molecular complexity index is 257. The quantitative estimate of drug-likeness (QED) is 0.781. The van der Waals surface area contributed by atoms with Crippen LogP contribution in [0.25, 0.3) is 0 Å². The molecule has 0 unspecified atom stereocenters. The van der Waals surface area contributed by atoms with Crippen LogP contribution in [-0.4, -0.2) is 28.4 Å². The number of hydrogen-bond donors (Lipinski definition) is 0. The van der Waals surface area contributed by atoms with Crippen LogP contribution in [0.4, 0.5) is 5.95 Å². The van der Waals surface area contributed by atoms with Gasteiger partial charge in [0.15, 0.2) is 0 Å². The van der Waals surface area contributed by atoms with Crippen molar-refractivity contribution in [3.63, 3.8) is 0 Å². The van der Waals surface area contributed by atoms with Crippen molar-refractivity contribution in [2.24, 2.45) is 0 Å². The van der Waals surface area contributed by atoms with Crippen molar-refractivity contribution < 1.29 is 0 Å².